The van der Waals surface area contributed by atoms with E-state index in [1.807, 2.05) is 0 Å². The quantitative estimate of drug-likeness (QED) is 0.520. The van der Waals surface area contributed by atoms with Gasteiger partial charge in [0.1, 0.15) is 0 Å². The Hall–Kier alpha value is -4.05. The second-order valence-corrected chi connectivity index (χ2v) is 8.23. The van der Waals surface area contributed by atoms with E-state index >= 15 is 0 Å². The highest BCUT2D eigenvalue weighted by Crippen LogP contribution is 2.19. The summed E-state index contributed by atoms with van der Waals surface area (Å²) in [6, 6.07) is 13.5. The molecule has 1 N–H and O–H groups in total. The lowest BCUT2D eigenvalue weighted by Crippen LogP contribution is -2.40. The maximum Gasteiger partial charge on any atom is 0.321 e. The number of Topliss-reactive ketones (excluding diaryl/α,β-unsaturated/α-hetero) is 1. The zero-order valence-electron chi connectivity index (χ0n) is 19.7. The zero-order valence-corrected chi connectivity index (χ0v) is 19.7. The summed E-state index contributed by atoms with van der Waals surface area (Å²) in [5, 5.41) is 6.79. The molecule has 3 aromatic rings. The zero-order chi connectivity index (χ0) is 24.8. The SMILES string of the molecule is CC(=O)c1ccc(NC(=O)N(C)CCc2noc(-c3ccc(C(=O)N4CCOCC4)cc3)n2)cc1. The minimum absolute atomic E-state index is 0.0258. The van der Waals surface area contributed by atoms with Crippen LogP contribution in [-0.4, -0.2) is 77.6 Å². The molecule has 0 spiro atoms. The summed E-state index contributed by atoms with van der Waals surface area (Å²) in [5.41, 5.74) is 2.49. The highest BCUT2D eigenvalue weighted by molar-refractivity contribution is 5.95. The van der Waals surface area contributed by atoms with Crippen molar-refractivity contribution in [3.05, 3.63) is 65.5 Å². The Morgan fingerprint density at radius 3 is 2.31 bits per heavy atom. The first-order valence-corrected chi connectivity index (χ1v) is 11.3. The summed E-state index contributed by atoms with van der Waals surface area (Å²) in [7, 11) is 1.67. The van der Waals surface area contributed by atoms with Gasteiger partial charge in [0.05, 0.1) is 13.2 Å². The molecule has 182 valence electrons. The standard InChI is InChI=1S/C25H27N5O5/c1-17(31)18-7-9-21(10-8-18)26-25(33)29(2)12-11-22-27-23(35-28-22)19-3-5-20(6-4-19)24(32)30-13-15-34-16-14-30/h3-10H,11-16H2,1-2H3,(H,26,33). The second kappa shape index (κ2) is 10.9. The minimum Gasteiger partial charge on any atom is -0.378 e. The van der Waals surface area contributed by atoms with Gasteiger partial charge < -0.3 is 24.4 Å². The van der Waals surface area contributed by atoms with Crippen LogP contribution in [0.25, 0.3) is 11.5 Å². The molecule has 1 aliphatic heterocycles. The Labute approximate surface area is 202 Å². The number of hydrogen-bond acceptors (Lipinski definition) is 7. The number of carbonyl (C=O) groups excluding carboxylic acids is 3. The average Bonchev–Trinajstić information content (AvgIpc) is 3.37. The van der Waals surface area contributed by atoms with Crippen molar-refractivity contribution in [2.24, 2.45) is 0 Å². The van der Waals surface area contributed by atoms with E-state index < -0.39 is 0 Å². The summed E-state index contributed by atoms with van der Waals surface area (Å²) >= 11 is 0. The van der Waals surface area contributed by atoms with Gasteiger partial charge in [-0.2, -0.15) is 4.98 Å². The molecule has 3 amide bonds. The van der Waals surface area contributed by atoms with Crippen molar-refractivity contribution < 1.29 is 23.6 Å². The molecule has 0 unspecified atom stereocenters. The van der Waals surface area contributed by atoms with E-state index in [2.05, 4.69) is 15.5 Å². The van der Waals surface area contributed by atoms with Crippen LogP contribution in [0.4, 0.5) is 10.5 Å². The molecule has 4 rings (SSSR count). The predicted octanol–water partition coefficient (Wildman–Crippen LogP) is 3.12. The fraction of sp³-hybridized carbons (Fsp3) is 0.320. The lowest BCUT2D eigenvalue weighted by Gasteiger charge is -2.26. The lowest BCUT2D eigenvalue weighted by molar-refractivity contribution is 0.0303. The van der Waals surface area contributed by atoms with Crippen molar-refractivity contribution >= 4 is 23.4 Å². The van der Waals surface area contributed by atoms with Gasteiger partial charge in [-0.25, -0.2) is 4.79 Å². The number of likely N-dealkylation sites (N-methyl/N-ethyl adjacent to an activating group) is 1. The van der Waals surface area contributed by atoms with E-state index in [0.29, 0.717) is 73.4 Å². The van der Waals surface area contributed by atoms with Gasteiger partial charge in [0.15, 0.2) is 11.6 Å². The molecule has 35 heavy (non-hydrogen) atoms. The number of benzene rings is 2. The third kappa shape index (κ3) is 6.10. The molecular weight excluding hydrogens is 450 g/mol. The van der Waals surface area contributed by atoms with Crippen molar-refractivity contribution in [3.8, 4) is 11.5 Å². The molecule has 0 atom stereocenters. The second-order valence-electron chi connectivity index (χ2n) is 8.23. The Bertz CT molecular complexity index is 1180. The van der Waals surface area contributed by atoms with Crippen LogP contribution in [0.1, 0.15) is 33.5 Å². The number of ether oxygens (including phenoxy) is 1. The van der Waals surface area contributed by atoms with Crippen molar-refractivity contribution in [1.82, 2.24) is 19.9 Å². The molecule has 10 nitrogen and oxygen atoms in total. The first kappa shape index (κ1) is 24.1. The molecule has 1 aromatic heterocycles. The van der Waals surface area contributed by atoms with Crippen LogP contribution >= 0.6 is 0 Å². The van der Waals surface area contributed by atoms with Crippen LogP contribution in [0.3, 0.4) is 0 Å². The van der Waals surface area contributed by atoms with E-state index in [0.717, 1.165) is 0 Å². The number of amides is 3. The number of carbonyl (C=O) groups is 3. The summed E-state index contributed by atoms with van der Waals surface area (Å²) < 4.78 is 10.7. The molecule has 1 fully saturated rings. The Kier molecular flexibility index (Phi) is 7.51. The van der Waals surface area contributed by atoms with E-state index in [4.69, 9.17) is 9.26 Å². The predicted molar refractivity (Wildman–Crippen MR) is 128 cm³/mol. The summed E-state index contributed by atoms with van der Waals surface area (Å²) in [6.07, 6.45) is 0.407. The van der Waals surface area contributed by atoms with Crippen LogP contribution in [0.2, 0.25) is 0 Å². The summed E-state index contributed by atoms with van der Waals surface area (Å²) in [5.74, 6) is 0.765. The molecule has 0 saturated carbocycles. The fourth-order valence-corrected chi connectivity index (χ4v) is 3.55. The van der Waals surface area contributed by atoms with E-state index in [1.54, 1.807) is 60.5 Å². The number of ketones is 1. The first-order valence-electron chi connectivity index (χ1n) is 11.3. The minimum atomic E-state index is -0.287. The van der Waals surface area contributed by atoms with Gasteiger partial charge >= 0.3 is 6.03 Å². The van der Waals surface area contributed by atoms with Crippen LogP contribution in [-0.2, 0) is 11.2 Å². The lowest BCUT2D eigenvalue weighted by atomic mass is 10.1. The number of anilines is 1. The Morgan fingerprint density at radius 2 is 1.66 bits per heavy atom. The summed E-state index contributed by atoms with van der Waals surface area (Å²) in [4.78, 5) is 44.1. The largest absolute Gasteiger partial charge is 0.378 e. The number of morpholine rings is 1. The third-order valence-electron chi connectivity index (χ3n) is 5.71. The van der Waals surface area contributed by atoms with Crippen LogP contribution in [0, 0.1) is 0 Å². The number of nitrogens with one attached hydrogen (secondary N) is 1. The molecule has 0 bridgehead atoms. The van der Waals surface area contributed by atoms with Gasteiger partial charge in [0.2, 0.25) is 0 Å². The molecular formula is C25H27N5O5. The number of urea groups is 1. The number of rotatable bonds is 7. The Balaban J connectivity index is 1.29. The van der Waals surface area contributed by atoms with E-state index in [9.17, 15) is 14.4 Å². The molecule has 0 aliphatic carbocycles. The van der Waals surface area contributed by atoms with Gasteiger partial charge in [-0.3, -0.25) is 9.59 Å². The molecule has 1 saturated heterocycles. The van der Waals surface area contributed by atoms with Crippen molar-refractivity contribution in [2.75, 3.05) is 45.2 Å². The van der Waals surface area contributed by atoms with Gasteiger partial charge in [-0.1, -0.05) is 5.16 Å². The van der Waals surface area contributed by atoms with Gasteiger partial charge in [0, 0.05) is 55.5 Å². The van der Waals surface area contributed by atoms with Crippen molar-refractivity contribution in [3.63, 3.8) is 0 Å². The Morgan fingerprint density at radius 1 is 1.00 bits per heavy atom. The monoisotopic (exact) mass is 477 g/mol. The fourth-order valence-electron chi connectivity index (χ4n) is 3.55. The average molecular weight is 478 g/mol. The highest BCUT2D eigenvalue weighted by Gasteiger charge is 2.19. The van der Waals surface area contributed by atoms with Crippen molar-refractivity contribution in [1.29, 1.82) is 0 Å². The van der Waals surface area contributed by atoms with Crippen LogP contribution in [0.15, 0.2) is 53.1 Å². The maximum atomic E-state index is 12.6. The number of nitrogens with zero attached hydrogens (tertiary/aromatic N) is 4. The molecule has 1 aliphatic rings. The van der Waals surface area contributed by atoms with Crippen LogP contribution < -0.4 is 5.32 Å². The van der Waals surface area contributed by atoms with E-state index in [-0.39, 0.29) is 17.7 Å². The first-order chi connectivity index (χ1) is 16.9. The molecule has 10 heteroatoms. The molecule has 2 aromatic carbocycles. The van der Waals surface area contributed by atoms with E-state index in [1.165, 1.54) is 11.8 Å². The molecule has 2 heterocycles. The van der Waals surface area contributed by atoms with Crippen molar-refractivity contribution in [2.45, 2.75) is 13.3 Å². The summed E-state index contributed by atoms with van der Waals surface area (Å²) in [6.45, 7) is 4.16. The number of aromatic nitrogens is 2. The smallest absolute Gasteiger partial charge is 0.321 e. The normalized spacial score (nSPS) is 13.4. The number of hydrogen-bond donors (Lipinski definition) is 1. The van der Waals surface area contributed by atoms with Gasteiger partial charge in [0.25, 0.3) is 11.8 Å². The van der Waals surface area contributed by atoms with Crippen LogP contribution in [0.5, 0.6) is 0 Å². The van der Waals surface area contributed by atoms with Gasteiger partial charge in [-0.15, -0.1) is 0 Å². The topological polar surface area (TPSA) is 118 Å². The third-order valence-corrected chi connectivity index (χ3v) is 5.71. The molecule has 0 radical (unpaired) electrons. The van der Waals surface area contributed by atoms with Gasteiger partial charge in [-0.05, 0) is 55.5 Å². The maximum absolute atomic E-state index is 12.6. The highest BCUT2D eigenvalue weighted by atomic mass is 16.5.